The van der Waals surface area contributed by atoms with Crippen molar-refractivity contribution in [3.63, 3.8) is 0 Å². The third-order valence-corrected chi connectivity index (χ3v) is 2.09. The van der Waals surface area contributed by atoms with E-state index in [2.05, 4.69) is 23.9 Å². The van der Waals surface area contributed by atoms with E-state index in [4.69, 9.17) is 5.21 Å². The quantitative estimate of drug-likeness (QED) is 0.273. The van der Waals surface area contributed by atoms with Gasteiger partial charge in [0.2, 0.25) is 0 Å². The highest BCUT2D eigenvalue weighted by atomic mass is 19.1. The number of oxime groups is 1. The topological polar surface area (TPSA) is 32.6 Å². The number of hydrogen-bond donors (Lipinski definition) is 1. The van der Waals surface area contributed by atoms with E-state index in [9.17, 15) is 4.39 Å². The smallest absolute Gasteiger partial charge is 0.123 e. The summed E-state index contributed by atoms with van der Waals surface area (Å²) in [5, 5.41) is 11.3. The maximum atomic E-state index is 12.9. The van der Waals surface area contributed by atoms with E-state index >= 15 is 0 Å². The summed E-state index contributed by atoms with van der Waals surface area (Å²) >= 11 is 0. The second-order valence-corrected chi connectivity index (χ2v) is 3.38. The fourth-order valence-electron chi connectivity index (χ4n) is 1.24. The van der Waals surface area contributed by atoms with Crippen molar-refractivity contribution in [2.24, 2.45) is 5.16 Å². The molecule has 1 rings (SSSR count). The first-order chi connectivity index (χ1) is 7.77. The van der Waals surface area contributed by atoms with Crippen molar-refractivity contribution in [1.29, 1.82) is 0 Å². The van der Waals surface area contributed by atoms with E-state index in [1.807, 2.05) is 0 Å². The molecule has 2 nitrogen and oxygen atoms in total. The van der Waals surface area contributed by atoms with E-state index in [-0.39, 0.29) is 5.82 Å². The van der Waals surface area contributed by atoms with E-state index in [0.29, 0.717) is 11.1 Å². The molecule has 1 N–H and O–H groups in total. The monoisotopic (exact) mass is 219 g/mol. The van der Waals surface area contributed by atoms with Gasteiger partial charge in [0.1, 0.15) is 5.82 Å². The van der Waals surface area contributed by atoms with Crippen molar-refractivity contribution in [2.75, 3.05) is 0 Å². The maximum absolute atomic E-state index is 12.9. The average Bonchev–Trinajstić information content (AvgIpc) is 2.27. The molecule has 0 spiro atoms. The molecule has 0 saturated carbocycles. The lowest BCUT2D eigenvalue weighted by molar-refractivity contribution is 0.322. The maximum Gasteiger partial charge on any atom is 0.123 e. The van der Waals surface area contributed by atoms with Crippen LogP contribution in [0.3, 0.4) is 0 Å². The molecule has 84 valence electrons. The molecule has 1 aromatic rings. The van der Waals surface area contributed by atoms with Gasteiger partial charge in [-0.25, -0.2) is 4.39 Å². The Hall–Kier alpha value is -1.82. The minimum absolute atomic E-state index is 0.367. The van der Waals surface area contributed by atoms with E-state index in [0.717, 1.165) is 19.3 Å². The Bertz CT molecular complexity index is 429. The number of rotatable bonds is 3. The van der Waals surface area contributed by atoms with E-state index in [1.54, 1.807) is 6.07 Å². The average molecular weight is 219 g/mol. The lowest BCUT2D eigenvalue weighted by Gasteiger charge is -1.97. The molecule has 3 heteroatoms. The molecule has 0 amide bonds. The van der Waals surface area contributed by atoms with Crippen LogP contribution in [0.15, 0.2) is 23.4 Å². The lowest BCUT2D eigenvalue weighted by atomic mass is 10.1. The van der Waals surface area contributed by atoms with Crippen LogP contribution in [0.5, 0.6) is 0 Å². The van der Waals surface area contributed by atoms with Gasteiger partial charge >= 0.3 is 0 Å². The first-order valence-corrected chi connectivity index (χ1v) is 5.23. The molecule has 0 radical (unpaired) electrons. The summed E-state index contributed by atoms with van der Waals surface area (Å²) in [6, 6.07) is 4.23. The van der Waals surface area contributed by atoms with E-state index < -0.39 is 0 Å². The molecule has 0 aromatic heterocycles. The Kier molecular flexibility index (Phi) is 5.07. The SMILES string of the molecule is CCCCC#Cc1ccc(F)cc1/C=N/O. The van der Waals surface area contributed by atoms with Crippen molar-refractivity contribution < 1.29 is 9.60 Å². The highest BCUT2D eigenvalue weighted by Crippen LogP contribution is 2.08. The van der Waals surface area contributed by atoms with Crippen LogP contribution in [0.1, 0.15) is 37.3 Å². The Morgan fingerprint density at radius 2 is 2.31 bits per heavy atom. The standard InChI is InChI=1S/C13H14FNO/c1-2-3-4-5-6-11-7-8-13(14)9-12(11)10-15-16/h7-10,16H,2-4H2,1H3/b15-10+. The molecule has 0 heterocycles. The minimum Gasteiger partial charge on any atom is -0.411 e. The highest BCUT2D eigenvalue weighted by molar-refractivity contribution is 5.83. The van der Waals surface area contributed by atoms with Crippen molar-refractivity contribution in [2.45, 2.75) is 26.2 Å². The molecule has 1 aromatic carbocycles. The second kappa shape index (κ2) is 6.62. The van der Waals surface area contributed by atoms with Crippen LogP contribution < -0.4 is 0 Å². The Morgan fingerprint density at radius 3 is 3.00 bits per heavy atom. The molecule has 0 saturated heterocycles. The van der Waals surface area contributed by atoms with Crippen molar-refractivity contribution >= 4 is 6.21 Å². The largest absolute Gasteiger partial charge is 0.411 e. The summed E-state index contributed by atoms with van der Waals surface area (Å²) in [4.78, 5) is 0. The fraction of sp³-hybridized carbons (Fsp3) is 0.308. The van der Waals surface area contributed by atoms with Gasteiger partial charge in [-0.2, -0.15) is 0 Å². The van der Waals surface area contributed by atoms with Gasteiger partial charge in [0, 0.05) is 17.5 Å². The summed E-state index contributed by atoms with van der Waals surface area (Å²) < 4.78 is 12.9. The molecule has 0 atom stereocenters. The van der Waals surface area contributed by atoms with Crippen LogP contribution in [-0.4, -0.2) is 11.4 Å². The zero-order valence-corrected chi connectivity index (χ0v) is 9.20. The van der Waals surface area contributed by atoms with Gasteiger partial charge in [-0.3, -0.25) is 0 Å². The molecule has 0 aliphatic heterocycles. The Labute approximate surface area is 94.8 Å². The molecule has 0 unspecified atom stereocenters. The van der Waals surface area contributed by atoms with Crippen molar-refractivity contribution in [1.82, 2.24) is 0 Å². The fourth-order valence-corrected chi connectivity index (χ4v) is 1.24. The van der Waals surface area contributed by atoms with Crippen LogP contribution in [0.4, 0.5) is 4.39 Å². The van der Waals surface area contributed by atoms with Crippen LogP contribution in [0.2, 0.25) is 0 Å². The van der Waals surface area contributed by atoms with Crippen LogP contribution >= 0.6 is 0 Å². The van der Waals surface area contributed by atoms with Crippen LogP contribution in [-0.2, 0) is 0 Å². The van der Waals surface area contributed by atoms with Gasteiger partial charge < -0.3 is 5.21 Å². The summed E-state index contributed by atoms with van der Waals surface area (Å²) in [5.74, 6) is 5.58. The summed E-state index contributed by atoms with van der Waals surface area (Å²) in [6.07, 6.45) is 4.16. The number of nitrogens with zero attached hydrogens (tertiary/aromatic N) is 1. The Morgan fingerprint density at radius 1 is 1.50 bits per heavy atom. The lowest BCUT2D eigenvalue weighted by Crippen LogP contribution is -1.89. The number of hydrogen-bond acceptors (Lipinski definition) is 2. The van der Waals surface area contributed by atoms with Crippen LogP contribution in [0.25, 0.3) is 0 Å². The molecule has 0 aliphatic rings. The molecular weight excluding hydrogens is 205 g/mol. The third-order valence-electron chi connectivity index (χ3n) is 2.09. The number of halogens is 1. The third kappa shape index (κ3) is 3.74. The van der Waals surface area contributed by atoms with E-state index in [1.165, 1.54) is 18.3 Å². The summed E-state index contributed by atoms with van der Waals surface area (Å²) in [6.45, 7) is 2.10. The zero-order chi connectivity index (χ0) is 11.8. The predicted molar refractivity (Wildman–Crippen MR) is 62.2 cm³/mol. The normalized spacial score (nSPS) is 10.1. The first-order valence-electron chi connectivity index (χ1n) is 5.23. The van der Waals surface area contributed by atoms with Crippen LogP contribution in [0, 0.1) is 17.7 Å². The van der Waals surface area contributed by atoms with Gasteiger partial charge in [0.05, 0.1) is 6.21 Å². The van der Waals surface area contributed by atoms with Crippen molar-refractivity contribution in [3.05, 3.63) is 35.1 Å². The Balaban J connectivity index is 2.88. The van der Waals surface area contributed by atoms with Crippen molar-refractivity contribution in [3.8, 4) is 11.8 Å². The van der Waals surface area contributed by atoms with Gasteiger partial charge in [-0.1, -0.05) is 30.3 Å². The number of benzene rings is 1. The summed E-state index contributed by atoms with van der Waals surface area (Å²) in [5.41, 5.74) is 1.17. The molecule has 0 bridgehead atoms. The van der Waals surface area contributed by atoms with Gasteiger partial charge in [-0.15, -0.1) is 0 Å². The van der Waals surface area contributed by atoms with Gasteiger partial charge in [0.15, 0.2) is 0 Å². The van der Waals surface area contributed by atoms with Gasteiger partial charge in [-0.05, 0) is 24.6 Å². The second-order valence-electron chi connectivity index (χ2n) is 3.38. The molecule has 0 aliphatic carbocycles. The minimum atomic E-state index is -0.367. The predicted octanol–water partition coefficient (Wildman–Crippen LogP) is 3.18. The highest BCUT2D eigenvalue weighted by Gasteiger charge is 1.99. The summed E-state index contributed by atoms with van der Waals surface area (Å²) in [7, 11) is 0. The molecular formula is C13H14FNO. The zero-order valence-electron chi connectivity index (χ0n) is 9.20. The molecule has 0 fully saturated rings. The first kappa shape index (κ1) is 12.3. The molecule has 16 heavy (non-hydrogen) atoms. The van der Waals surface area contributed by atoms with Gasteiger partial charge in [0.25, 0.3) is 0 Å². The number of unbranched alkanes of at least 4 members (excludes halogenated alkanes) is 2.